The molecule has 0 aliphatic heterocycles. The Balaban J connectivity index is 2.15. The number of rotatable bonds is 2. The fourth-order valence-electron chi connectivity index (χ4n) is 3.57. The monoisotopic (exact) mass is 298 g/mol. The van der Waals surface area contributed by atoms with E-state index in [0.717, 1.165) is 6.42 Å². The normalized spacial score (nSPS) is 23.9. The molecule has 0 heterocycles. The van der Waals surface area contributed by atoms with E-state index in [1.165, 1.54) is 16.7 Å². The third kappa shape index (κ3) is 2.41. The van der Waals surface area contributed by atoms with Gasteiger partial charge in [0.2, 0.25) is 0 Å². The Hall–Kier alpha value is -2.16. The molecule has 3 atom stereocenters. The van der Waals surface area contributed by atoms with Crippen molar-refractivity contribution in [2.24, 2.45) is 11.8 Å². The molecule has 0 saturated carbocycles. The van der Waals surface area contributed by atoms with Crippen LogP contribution in [0.25, 0.3) is 0 Å². The zero-order chi connectivity index (χ0) is 15.9. The summed E-state index contributed by atoms with van der Waals surface area (Å²) in [6.07, 6.45) is 0.961. The van der Waals surface area contributed by atoms with Crippen molar-refractivity contribution in [3.63, 3.8) is 0 Å². The predicted molar refractivity (Wildman–Crippen MR) is 86.6 cm³/mol. The molecule has 3 heteroatoms. The lowest BCUT2D eigenvalue weighted by Crippen LogP contribution is -2.26. The summed E-state index contributed by atoms with van der Waals surface area (Å²) in [6, 6.07) is 11.2. The number of phenolic OH excluding ortho intramolecular Hbond substituents is 2. The van der Waals surface area contributed by atoms with Crippen molar-refractivity contribution < 1.29 is 14.9 Å². The first-order chi connectivity index (χ1) is 10.5. The minimum atomic E-state index is 0.201. The van der Waals surface area contributed by atoms with E-state index in [1.54, 1.807) is 19.2 Å². The van der Waals surface area contributed by atoms with E-state index in [-0.39, 0.29) is 17.4 Å². The summed E-state index contributed by atoms with van der Waals surface area (Å²) >= 11 is 0. The van der Waals surface area contributed by atoms with E-state index in [4.69, 9.17) is 4.74 Å². The first-order valence-corrected chi connectivity index (χ1v) is 7.70. The summed E-state index contributed by atoms with van der Waals surface area (Å²) in [5.41, 5.74) is 3.58. The number of hydrogen-bond donors (Lipinski definition) is 2. The topological polar surface area (TPSA) is 49.7 Å². The summed E-state index contributed by atoms with van der Waals surface area (Å²) in [7, 11) is 1.58. The molecule has 0 saturated heterocycles. The first kappa shape index (κ1) is 14.8. The Bertz CT molecular complexity index is 676. The van der Waals surface area contributed by atoms with Crippen molar-refractivity contribution in [2.75, 3.05) is 7.11 Å². The van der Waals surface area contributed by atoms with Crippen molar-refractivity contribution in [3.05, 3.63) is 53.1 Å². The largest absolute Gasteiger partial charge is 0.508 e. The Morgan fingerprint density at radius 2 is 1.73 bits per heavy atom. The minimum Gasteiger partial charge on any atom is -0.508 e. The van der Waals surface area contributed by atoms with Crippen LogP contribution < -0.4 is 4.74 Å². The van der Waals surface area contributed by atoms with Crippen molar-refractivity contribution in [1.29, 1.82) is 0 Å². The number of methoxy groups -OCH3 is 1. The molecule has 0 bridgehead atoms. The maximum absolute atomic E-state index is 10.1. The van der Waals surface area contributed by atoms with Gasteiger partial charge in [0.1, 0.15) is 5.75 Å². The van der Waals surface area contributed by atoms with Gasteiger partial charge in [-0.1, -0.05) is 26.0 Å². The lowest BCUT2D eigenvalue weighted by molar-refractivity contribution is 0.320. The molecule has 2 N–H and O–H groups in total. The molecule has 1 aliphatic carbocycles. The zero-order valence-electron chi connectivity index (χ0n) is 13.2. The predicted octanol–water partition coefficient (Wildman–Crippen LogP) is 4.07. The molecule has 2 aromatic rings. The Labute approximate surface area is 131 Å². The molecule has 0 fully saturated rings. The molecule has 0 radical (unpaired) electrons. The molecule has 0 amide bonds. The zero-order valence-corrected chi connectivity index (χ0v) is 13.2. The van der Waals surface area contributed by atoms with E-state index >= 15 is 0 Å². The van der Waals surface area contributed by atoms with Gasteiger partial charge in [0.25, 0.3) is 0 Å². The molecule has 2 aromatic carbocycles. The fraction of sp³-hybridized carbons (Fsp3) is 0.368. The highest BCUT2D eigenvalue weighted by Gasteiger charge is 2.33. The van der Waals surface area contributed by atoms with Gasteiger partial charge < -0.3 is 14.9 Å². The minimum absolute atomic E-state index is 0.201. The van der Waals surface area contributed by atoms with E-state index in [9.17, 15) is 10.2 Å². The molecule has 0 unspecified atom stereocenters. The van der Waals surface area contributed by atoms with Crippen LogP contribution in [-0.4, -0.2) is 17.3 Å². The van der Waals surface area contributed by atoms with Crippen LogP contribution in [0.2, 0.25) is 0 Å². The standard InChI is InChI=1S/C19H22O3/c1-11-8-14-9-17(21)18(22-3)10-16(14)19(12(11)2)13-4-6-15(20)7-5-13/h4-7,9-12,19-21H,8H2,1-3H3/t11-,12-,19-/m1/s1. The molecule has 1 aliphatic rings. The van der Waals surface area contributed by atoms with Gasteiger partial charge in [-0.3, -0.25) is 0 Å². The van der Waals surface area contributed by atoms with Gasteiger partial charge in [-0.25, -0.2) is 0 Å². The molecule has 22 heavy (non-hydrogen) atoms. The second-order valence-corrected chi connectivity index (χ2v) is 6.33. The van der Waals surface area contributed by atoms with Crippen LogP contribution in [0.4, 0.5) is 0 Å². The summed E-state index contributed by atoms with van der Waals surface area (Å²) in [6.45, 7) is 4.52. The quantitative estimate of drug-likeness (QED) is 0.878. The van der Waals surface area contributed by atoms with Crippen LogP contribution in [0.3, 0.4) is 0 Å². The number of hydrogen-bond acceptors (Lipinski definition) is 3. The van der Waals surface area contributed by atoms with Crippen LogP contribution in [0, 0.1) is 11.8 Å². The maximum atomic E-state index is 10.1. The van der Waals surface area contributed by atoms with Gasteiger partial charge in [0.15, 0.2) is 11.5 Å². The fourth-order valence-corrected chi connectivity index (χ4v) is 3.57. The van der Waals surface area contributed by atoms with Crippen molar-refractivity contribution >= 4 is 0 Å². The summed E-state index contributed by atoms with van der Waals surface area (Å²) in [5, 5.41) is 19.6. The van der Waals surface area contributed by atoms with Gasteiger partial charge in [-0.15, -0.1) is 0 Å². The van der Waals surface area contributed by atoms with Gasteiger partial charge in [-0.2, -0.15) is 0 Å². The highest BCUT2D eigenvalue weighted by atomic mass is 16.5. The maximum Gasteiger partial charge on any atom is 0.160 e. The summed E-state index contributed by atoms with van der Waals surface area (Å²) in [5.74, 6) is 2.25. The third-order valence-corrected chi connectivity index (χ3v) is 4.99. The van der Waals surface area contributed by atoms with Crippen molar-refractivity contribution in [2.45, 2.75) is 26.2 Å². The average Bonchev–Trinajstić information content (AvgIpc) is 2.50. The first-order valence-electron chi connectivity index (χ1n) is 7.70. The van der Waals surface area contributed by atoms with Gasteiger partial charge in [0, 0.05) is 5.92 Å². The number of fused-ring (bicyclic) bond motifs is 1. The Kier molecular flexibility index (Phi) is 3.73. The summed E-state index contributed by atoms with van der Waals surface area (Å²) in [4.78, 5) is 0. The average molecular weight is 298 g/mol. The van der Waals surface area contributed by atoms with Gasteiger partial charge in [0.05, 0.1) is 7.11 Å². The van der Waals surface area contributed by atoms with E-state index < -0.39 is 0 Å². The molecular formula is C19H22O3. The van der Waals surface area contributed by atoms with Crippen molar-refractivity contribution in [1.82, 2.24) is 0 Å². The highest BCUT2D eigenvalue weighted by Crippen LogP contribution is 2.46. The van der Waals surface area contributed by atoms with E-state index in [1.807, 2.05) is 24.3 Å². The molecule has 116 valence electrons. The second kappa shape index (κ2) is 5.56. The van der Waals surface area contributed by atoms with E-state index in [0.29, 0.717) is 17.6 Å². The second-order valence-electron chi connectivity index (χ2n) is 6.33. The third-order valence-electron chi connectivity index (χ3n) is 4.99. The number of ether oxygens (including phenoxy) is 1. The van der Waals surface area contributed by atoms with E-state index in [2.05, 4.69) is 13.8 Å². The number of phenols is 2. The van der Waals surface area contributed by atoms with Gasteiger partial charge in [-0.05, 0) is 59.2 Å². The molecular weight excluding hydrogens is 276 g/mol. The van der Waals surface area contributed by atoms with Crippen LogP contribution in [0.1, 0.15) is 36.5 Å². The SMILES string of the molecule is COc1cc2c(cc1O)C[C@@H](C)[C@@H](C)[C@@H]2c1ccc(O)cc1. The Morgan fingerprint density at radius 3 is 2.36 bits per heavy atom. The van der Waals surface area contributed by atoms with Crippen LogP contribution in [0.5, 0.6) is 17.2 Å². The Morgan fingerprint density at radius 1 is 1.05 bits per heavy atom. The van der Waals surface area contributed by atoms with Crippen LogP contribution >= 0.6 is 0 Å². The smallest absolute Gasteiger partial charge is 0.160 e. The lowest BCUT2D eigenvalue weighted by atomic mass is 9.68. The lowest BCUT2D eigenvalue weighted by Gasteiger charge is -2.37. The molecule has 0 aromatic heterocycles. The summed E-state index contributed by atoms with van der Waals surface area (Å²) < 4.78 is 5.29. The molecule has 3 nitrogen and oxygen atoms in total. The number of benzene rings is 2. The molecule has 0 spiro atoms. The van der Waals surface area contributed by atoms with Crippen LogP contribution in [0.15, 0.2) is 36.4 Å². The van der Waals surface area contributed by atoms with Crippen LogP contribution in [-0.2, 0) is 6.42 Å². The number of aromatic hydroxyl groups is 2. The van der Waals surface area contributed by atoms with Gasteiger partial charge >= 0.3 is 0 Å². The highest BCUT2D eigenvalue weighted by molar-refractivity contribution is 5.52. The molecule has 3 rings (SSSR count). The van der Waals surface area contributed by atoms with Crippen molar-refractivity contribution in [3.8, 4) is 17.2 Å².